The van der Waals surface area contributed by atoms with E-state index in [1.807, 2.05) is 6.07 Å². The number of fused-ring (bicyclic) bond motifs is 1. The minimum atomic E-state index is -0.106. The van der Waals surface area contributed by atoms with Crippen molar-refractivity contribution in [1.29, 1.82) is 0 Å². The molecule has 2 atom stereocenters. The Morgan fingerprint density at radius 2 is 2.19 bits per heavy atom. The average Bonchev–Trinajstić information content (AvgIpc) is 2.93. The second kappa shape index (κ2) is 5.83. The summed E-state index contributed by atoms with van der Waals surface area (Å²) in [6.45, 7) is 1.46. The first kappa shape index (κ1) is 14.0. The predicted molar refractivity (Wildman–Crippen MR) is 78.3 cm³/mol. The van der Waals surface area contributed by atoms with Crippen molar-refractivity contribution >= 4 is 17.5 Å². The van der Waals surface area contributed by atoms with Gasteiger partial charge in [0.25, 0.3) is 5.91 Å². The Morgan fingerprint density at radius 3 is 3.00 bits per heavy atom. The number of benzene rings is 1. The maximum Gasteiger partial charge on any atom is 0.251 e. The molecule has 3 N–H and O–H groups in total. The summed E-state index contributed by atoms with van der Waals surface area (Å²) < 4.78 is 5.34. The van der Waals surface area contributed by atoms with E-state index >= 15 is 0 Å². The van der Waals surface area contributed by atoms with Gasteiger partial charge in [-0.25, -0.2) is 0 Å². The van der Waals surface area contributed by atoms with Gasteiger partial charge in [-0.3, -0.25) is 9.59 Å². The van der Waals surface area contributed by atoms with Crippen LogP contribution in [0.25, 0.3) is 0 Å². The molecule has 1 aromatic rings. The molecule has 0 spiro atoms. The molecule has 2 aliphatic rings. The highest BCUT2D eigenvalue weighted by atomic mass is 16.5. The van der Waals surface area contributed by atoms with Crippen molar-refractivity contribution in [1.82, 2.24) is 10.6 Å². The number of methoxy groups -OCH3 is 1. The summed E-state index contributed by atoms with van der Waals surface area (Å²) >= 11 is 0. The molecule has 112 valence electrons. The van der Waals surface area contributed by atoms with Crippen molar-refractivity contribution in [2.75, 3.05) is 25.5 Å². The van der Waals surface area contributed by atoms with Crippen molar-refractivity contribution in [3.63, 3.8) is 0 Å². The number of hydrogen-bond donors (Lipinski definition) is 3. The molecule has 0 aliphatic carbocycles. The molecule has 2 heterocycles. The van der Waals surface area contributed by atoms with Crippen molar-refractivity contribution < 1.29 is 14.3 Å². The first-order valence-corrected chi connectivity index (χ1v) is 7.14. The SMILES string of the molecule is CO[C@H]1CNCC1NC(=O)c1ccc2c(c1)CCC(=O)N2. The minimum Gasteiger partial charge on any atom is -0.378 e. The zero-order chi connectivity index (χ0) is 14.8. The van der Waals surface area contributed by atoms with E-state index in [1.165, 1.54) is 0 Å². The van der Waals surface area contributed by atoms with E-state index in [0.717, 1.165) is 17.8 Å². The molecular formula is C15H19N3O3. The summed E-state index contributed by atoms with van der Waals surface area (Å²) in [4.78, 5) is 23.7. The fourth-order valence-corrected chi connectivity index (χ4v) is 2.82. The number of hydrogen-bond acceptors (Lipinski definition) is 4. The van der Waals surface area contributed by atoms with Gasteiger partial charge in [0, 0.05) is 37.9 Å². The van der Waals surface area contributed by atoms with Gasteiger partial charge in [0.15, 0.2) is 0 Å². The van der Waals surface area contributed by atoms with E-state index < -0.39 is 0 Å². The van der Waals surface area contributed by atoms with Crippen molar-refractivity contribution in [3.05, 3.63) is 29.3 Å². The number of ether oxygens (including phenoxy) is 1. The highest BCUT2D eigenvalue weighted by Gasteiger charge is 2.28. The highest BCUT2D eigenvalue weighted by molar-refractivity contribution is 5.98. The summed E-state index contributed by atoms with van der Waals surface area (Å²) in [7, 11) is 1.65. The molecule has 0 saturated carbocycles. The predicted octanol–water partition coefficient (Wildman–Crippen LogP) is 0.288. The monoisotopic (exact) mass is 289 g/mol. The van der Waals surface area contributed by atoms with Crippen LogP contribution in [0.15, 0.2) is 18.2 Å². The number of nitrogens with one attached hydrogen (secondary N) is 3. The van der Waals surface area contributed by atoms with E-state index in [-0.39, 0.29) is 24.0 Å². The molecule has 1 unspecified atom stereocenters. The lowest BCUT2D eigenvalue weighted by atomic mass is 10.00. The largest absolute Gasteiger partial charge is 0.378 e. The molecule has 1 saturated heterocycles. The zero-order valence-corrected chi connectivity index (χ0v) is 11.9. The Hall–Kier alpha value is -1.92. The first-order valence-electron chi connectivity index (χ1n) is 7.14. The maximum absolute atomic E-state index is 12.3. The average molecular weight is 289 g/mol. The second-order valence-corrected chi connectivity index (χ2v) is 5.43. The lowest BCUT2D eigenvalue weighted by Gasteiger charge is -2.20. The van der Waals surface area contributed by atoms with Crippen LogP contribution in [-0.2, 0) is 16.0 Å². The zero-order valence-electron chi connectivity index (χ0n) is 11.9. The van der Waals surface area contributed by atoms with Crippen LogP contribution in [0.5, 0.6) is 0 Å². The summed E-state index contributed by atoms with van der Waals surface area (Å²) in [5.41, 5.74) is 2.43. The third-order valence-electron chi connectivity index (χ3n) is 4.04. The third kappa shape index (κ3) is 2.91. The van der Waals surface area contributed by atoms with Crippen LogP contribution in [0.2, 0.25) is 0 Å². The van der Waals surface area contributed by atoms with Crippen LogP contribution in [0, 0.1) is 0 Å². The van der Waals surface area contributed by atoms with Gasteiger partial charge in [-0.1, -0.05) is 0 Å². The fourth-order valence-electron chi connectivity index (χ4n) is 2.82. The summed E-state index contributed by atoms with van der Waals surface area (Å²) in [6, 6.07) is 5.37. The molecule has 2 aliphatic heterocycles. The highest BCUT2D eigenvalue weighted by Crippen LogP contribution is 2.23. The molecule has 1 fully saturated rings. The number of aryl methyl sites for hydroxylation is 1. The number of carbonyl (C=O) groups excluding carboxylic acids is 2. The summed E-state index contributed by atoms with van der Waals surface area (Å²) in [5, 5.41) is 9.01. The standard InChI is InChI=1S/C15H19N3O3/c1-21-13-8-16-7-12(13)18-15(20)10-2-4-11-9(6-10)3-5-14(19)17-11/h2,4,6,12-13,16H,3,5,7-8H2,1H3,(H,17,19)(H,18,20)/t12?,13-/m0/s1. The van der Waals surface area contributed by atoms with Gasteiger partial charge < -0.3 is 20.7 Å². The fraction of sp³-hybridized carbons (Fsp3) is 0.467. The molecule has 3 rings (SSSR count). The molecule has 0 bridgehead atoms. The van der Waals surface area contributed by atoms with Gasteiger partial charge in [-0.2, -0.15) is 0 Å². The van der Waals surface area contributed by atoms with Crippen LogP contribution in [0.1, 0.15) is 22.3 Å². The van der Waals surface area contributed by atoms with Gasteiger partial charge in [-0.05, 0) is 30.2 Å². The third-order valence-corrected chi connectivity index (χ3v) is 4.04. The van der Waals surface area contributed by atoms with E-state index in [2.05, 4.69) is 16.0 Å². The molecule has 6 heteroatoms. The number of carbonyl (C=O) groups is 2. The van der Waals surface area contributed by atoms with E-state index in [4.69, 9.17) is 4.74 Å². The van der Waals surface area contributed by atoms with Crippen LogP contribution in [-0.4, -0.2) is 44.2 Å². The van der Waals surface area contributed by atoms with E-state index in [9.17, 15) is 9.59 Å². The Balaban J connectivity index is 1.72. The molecular weight excluding hydrogens is 270 g/mol. The van der Waals surface area contributed by atoms with Gasteiger partial charge in [0.05, 0.1) is 12.1 Å². The molecule has 2 amide bonds. The number of amides is 2. The molecule has 6 nitrogen and oxygen atoms in total. The Bertz CT molecular complexity index is 573. The molecule has 0 radical (unpaired) electrons. The number of rotatable bonds is 3. The van der Waals surface area contributed by atoms with Gasteiger partial charge in [-0.15, -0.1) is 0 Å². The topological polar surface area (TPSA) is 79.5 Å². The second-order valence-electron chi connectivity index (χ2n) is 5.43. The van der Waals surface area contributed by atoms with Crippen LogP contribution < -0.4 is 16.0 Å². The maximum atomic E-state index is 12.3. The Morgan fingerprint density at radius 1 is 1.33 bits per heavy atom. The first-order chi connectivity index (χ1) is 10.2. The number of anilines is 1. The van der Waals surface area contributed by atoms with Gasteiger partial charge >= 0.3 is 0 Å². The molecule has 21 heavy (non-hydrogen) atoms. The van der Waals surface area contributed by atoms with E-state index in [1.54, 1.807) is 19.2 Å². The van der Waals surface area contributed by atoms with E-state index in [0.29, 0.717) is 24.9 Å². The van der Waals surface area contributed by atoms with Crippen molar-refractivity contribution in [2.45, 2.75) is 25.0 Å². The lowest BCUT2D eigenvalue weighted by molar-refractivity contribution is -0.116. The normalized spacial score (nSPS) is 24.3. The summed E-state index contributed by atoms with van der Waals surface area (Å²) in [5.74, 6) is -0.0786. The molecule has 0 aromatic heterocycles. The smallest absolute Gasteiger partial charge is 0.251 e. The van der Waals surface area contributed by atoms with Crippen molar-refractivity contribution in [3.8, 4) is 0 Å². The summed E-state index contributed by atoms with van der Waals surface area (Å²) in [6.07, 6.45) is 1.15. The lowest BCUT2D eigenvalue weighted by Crippen LogP contribution is -2.43. The minimum absolute atomic E-state index is 0.00543. The quantitative estimate of drug-likeness (QED) is 0.747. The van der Waals surface area contributed by atoms with Crippen LogP contribution in [0.3, 0.4) is 0 Å². The van der Waals surface area contributed by atoms with Crippen LogP contribution in [0.4, 0.5) is 5.69 Å². The van der Waals surface area contributed by atoms with Gasteiger partial charge in [0.1, 0.15) is 0 Å². The van der Waals surface area contributed by atoms with Crippen molar-refractivity contribution in [2.24, 2.45) is 0 Å². The van der Waals surface area contributed by atoms with Crippen LogP contribution >= 0.6 is 0 Å². The Labute approximate surface area is 123 Å². The van der Waals surface area contributed by atoms with Gasteiger partial charge in [0.2, 0.25) is 5.91 Å². The molecule has 1 aromatic carbocycles. The Kier molecular flexibility index (Phi) is 3.90.